The van der Waals surface area contributed by atoms with E-state index in [-0.39, 0.29) is 0 Å². The molecule has 0 spiro atoms. The molecule has 0 saturated carbocycles. The molecule has 0 aliphatic rings. The van der Waals surface area contributed by atoms with Crippen LogP contribution in [0.4, 0.5) is 11.6 Å². The summed E-state index contributed by atoms with van der Waals surface area (Å²) >= 11 is 0. The van der Waals surface area contributed by atoms with Crippen LogP contribution in [0.3, 0.4) is 0 Å². The third-order valence-corrected chi connectivity index (χ3v) is 4.00. The van der Waals surface area contributed by atoms with Gasteiger partial charge in [-0.15, -0.1) is 5.10 Å². The zero-order valence-corrected chi connectivity index (χ0v) is 13.7. The molecule has 2 aromatic heterocycles. The van der Waals surface area contributed by atoms with Crippen molar-refractivity contribution in [3.63, 3.8) is 0 Å². The molecule has 4 heteroatoms. The van der Waals surface area contributed by atoms with Crippen molar-refractivity contribution in [2.24, 2.45) is 0 Å². The number of pyridine rings is 1. The minimum absolute atomic E-state index is 0.596. The number of rotatable bonds is 3. The van der Waals surface area contributed by atoms with Crippen molar-refractivity contribution in [3.8, 4) is 11.1 Å². The number of nitrogens with zero attached hydrogens (tertiary/aromatic N) is 3. The molecule has 0 unspecified atom stereocenters. The Kier molecular flexibility index (Phi) is 3.50. The summed E-state index contributed by atoms with van der Waals surface area (Å²) in [4.78, 5) is 4.68. The Morgan fingerprint density at radius 3 is 2.50 bits per heavy atom. The maximum atomic E-state index is 4.68. The fourth-order valence-electron chi connectivity index (χ4n) is 2.76. The van der Waals surface area contributed by atoms with Gasteiger partial charge in [0.25, 0.3) is 0 Å². The van der Waals surface area contributed by atoms with Crippen molar-refractivity contribution in [2.45, 2.75) is 13.8 Å². The number of hydrogen-bond acceptors (Lipinski definition) is 3. The molecule has 2 aromatic carbocycles. The highest BCUT2D eigenvalue weighted by Gasteiger charge is 2.10. The minimum atomic E-state index is 0.596. The van der Waals surface area contributed by atoms with Crippen molar-refractivity contribution in [2.75, 3.05) is 5.32 Å². The van der Waals surface area contributed by atoms with Gasteiger partial charge in [0, 0.05) is 17.4 Å². The molecule has 0 saturated heterocycles. The first-order valence-corrected chi connectivity index (χ1v) is 7.95. The van der Waals surface area contributed by atoms with Crippen LogP contribution in [0.15, 0.2) is 66.9 Å². The number of hydrogen-bond donors (Lipinski definition) is 1. The molecular weight excluding hydrogens is 296 g/mol. The third-order valence-electron chi connectivity index (χ3n) is 4.00. The predicted octanol–water partition coefficient (Wildman–Crippen LogP) is 4.76. The second kappa shape index (κ2) is 5.81. The summed E-state index contributed by atoms with van der Waals surface area (Å²) in [6.45, 7) is 4.17. The van der Waals surface area contributed by atoms with Crippen LogP contribution in [0.5, 0.6) is 0 Å². The lowest BCUT2D eigenvalue weighted by Gasteiger charge is -2.03. The summed E-state index contributed by atoms with van der Waals surface area (Å²) in [6.07, 6.45) is 1.92. The summed E-state index contributed by atoms with van der Waals surface area (Å²) in [5, 5.41) is 7.80. The molecule has 0 aliphatic carbocycles. The van der Waals surface area contributed by atoms with E-state index in [2.05, 4.69) is 71.7 Å². The van der Waals surface area contributed by atoms with Gasteiger partial charge in [0.05, 0.1) is 0 Å². The standard InChI is InChI=1S/C20H18N4/c1-14-8-10-17(11-9-14)21-20-22-19-18(7-4-12-24(19)23-20)16-6-3-5-15(2)13-16/h3-13H,1-2H3,(H,21,23). The number of anilines is 2. The molecule has 0 aliphatic heterocycles. The second-order valence-corrected chi connectivity index (χ2v) is 5.99. The lowest BCUT2D eigenvalue weighted by molar-refractivity contribution is 0.966. The van der Waals surface area contributed by atoms with Crippen LogP contribution in [0.2, 0.25) is 0 Å². The maximum absolute atomic E-state index is 4.68. The Bertz CT molecular complexity index is 1000. The first-order valence-electron chi connectivity index (χ1n) is 7.95. The van der Waals surface area contributed by atoms with Crippen LogP contribution in [0.1, 0.15) is 11.1 Å². The van der Waals surface area contributed by atoms with Gasteiger partial charge in [-0.05, 0) is 43.7 Å². The SMILES string of the molecule is Cc1ccc(Nc2nc3c(-c4cccc(C)c4)cccn3n2)cc1. The van der Waals surface area contributed by atoms with Crippen molar-refractivity contribution in [1.82, 2.24) is 14.6 Å². The van der Waals surface area contributed by atoms with Gasteiger partial charge in [0.1, 0.15) is 0 Å². The van der Waals surface area contributed by atoms with Crippen LogP contribution in [0.25, 0.3) is 16.8 Å². The van der Waals surface area contributed by atoms with Gasteiger partial charge in [0.15, 0.2) is 5.65 Å². The largest absolute Gasteiger partial charge is 0.323 e. The first-order chi connectivity index (χ1) is 11.7. The van der Waals surface area contributed by atoms with Gasteiger partial charge in [0.2, 0.25) is 5.95 Å². The summed E-state index contributed by atoms with van der Waals surface area (Å²) < 4.78 is 1.81. The number of fused-ring (bicyclic) bond motifs is 1. The fourth-order valence-corrected chi connectivity index (χ4v) is 2.76. The molecule has 4 nitrogen and oxygen atoms in total. The van der Waals surface area contributed by atoms with E-state index in [1.807, 2.05) is 28.9 Å². The molecule has 118 valence electrons. The highest BCUT2D eigenvalue weighted by Crippen LogP contribution is 2.25. The summed E-state index contributed by atoms with van der Waals surface area (Å²) in [7, 11) is 0. The zero-order chi connectivity index (χ0) is 16.5. The zero-order valence-electron chi connectivity index (χ0n) is 13.7. The molecule has 4 rings (SSSR count). The Hall–Kier alpha value is -3.14. The van der Waals surface area contributed by atoms with Crippen molar-refractivity contribution in [1.29, 1.82) is 0 Å². The summed E-state index contributed by atoms with van der Waals surface area (Å²) in [5.74, 6) is 0.596. The number of aromatic nitrogens is 3. The molecule has 2 heterocycles. The second-order valence-electron chi connectivity index (χ2n) is 5.99. The lowest BCUT2D eigenvalue weighted by Crippen LogP contribution is -1.93. The quantitative estimate of drug-likeness (QED) is 0.593. The molecule has 0 bridgehead atoms. The molecule has 4 aromatic rings. The van der Waals surface area contributed by atoms with Crippen LogP contribution in [-0.4, -0.2) is 14.6 Å². The molecule has 0 amide bonds. The average Bonchev–Trinajstić information content (AvgIpc) is 2.99. The molecule has 24 heavy (non-hydrogen) atoms. The topological polar surface area (TPSA) is 42.2 Å². The summed E-state index contributed by atoms with van der Waals surface area (Å²) in [5.41, 5.74) is 6.50. The van der Waals surface area contributed by atoms with Gasteiger partial charge in [-0.3, -0.25) is 0 Å². The van der Waals surface area contributed by atoms with E-state index in [9.17, 15) is 0 Å². The average molecular weight is 314 g/mol. The predicted molar refractivity (Wildman–Crippen MR) is 97.6 cm³/mol. The van der Waals surface area contributed by atoms with Crippen LogP contribution in [-0.2, 0) is 0 Å². The number of benzene rings is 2. The first kappa shape index (κ1) is 14.5. The smallest absolute Gasteiger partial charge is 0.247 e. The van der Waals surface area contributed by atoms with Crippen molar-refractivity contribution >= 4 is 17.3 Å². The number of nitrogens with one attached hydrogen (secondary N) is 1. The maximum Gasteiger partial charge on any atom is 0.247 e. The summed E-state index contributed by atoms with van der Waals surface area (Å²) in [6, 6.07) is 20.7. The van der Waals surface area contributed by atoms with Crippen LogP contribution >= 0.6 is 0 Å². The highest BCUT2D eigenvalue weighted by atomic mass is 15.3. The van der Waals surface area contributed by atoms with Crippen molar-refractivity contribution in [3.05, 3.63) is 78.0 Å². The van der Waals surface area contributed by atoms with Gasteiger partial charge >= 0.3 is 0 Å². The van der Waals surface area contributed by atoms with Crippen LogP contribution in [0, 0.1) is 13.8 Å². The fraction of sp³-hybridized carbons (Fsp3) is 0.100. The molecule has 0 fully saturated rings. The van der Waals surface area contributed by atoms with E-state index in [4.69, 9.17) is 0 Å². The van der Waals surface area contributed by atoms with E-state index in [1.54, 1.807) is 0 Å². The normalized spacial score (nSPS) is 10.9. The molecular formula is C20H18N4. The van der Waals surface area contributed by atoms with Gasteiger partial charge < -0.3 is 5.32 Å². The lowest BCUT2D eigenvalue weighted by atomic mass is 10.1. The Morgan fingerprint density at radius 1 is 0.875 bits per heavy atom. The van der Waals surface area contributed by atoms with E-state index in [0.29, 0.717) is 5.95 Å². The number of aryl methyl sites for hydroxylation is 2. The van der Waals surface area contributed by atoms with E-state index < -0.39 is 0 Å². The van der Waals surface area contributed by atoms with E-state index in [1.165, 1.54) is 11.1 Å². The third kappa shape index (κ3) is 2.74. The van der Waals surface area contributed by atoms with E-state index >= 15 is 0 Å². The monoisotopic (exact) mass is 314 g/mol. The molecule has 1 N–H and O–H groups in total. The molecule has 0 atom stereocenters. The van der Waals surface area contributed by atoms with E-state index in [0.717, 1.165) is 22.5 Å². The Labute approximate surface area is 140 Å². The van der Waals surface area contributed by atoms with Crippen molar-refractivity contribution < 1.29 is 0 Å². The minimum Gasteiger partial charge on any atom is -0.323 e. The highest BCUT2D eigenvalue weighted by molar-refractivity contribution is 5.78. The van der Waals surface area contributed by atoms with Gasteiger partial charge in [-0.2, -0.15) is 4.98 Å². The Balaban J connectivity index is 1.75. The van der Waals surface area contributed by atoms with Crippen LogP contribution < -0.4 is 5.32 Å². The van der Waals surface area contributed by atoms with Gasteiger partial charge in [-0.25, -0.2) is 4.52 Å². The Morgan fingerprint density at radius 2 is 1.71 bits per heavy atom. The molecule has 0 radical (unpaired) electrons. The van der Waals surface area contributed by atoms with Gasteiger partial charge in [-0.1, -0.05) is 47.5 Å².